The molecule has 2 amide bonds. The third-order valence-electron chi connectivity index (χ3n) is 4.80. The molecule has 0 atom stereocenters. The highest BCUT2D eigenvalue weighted by Gasteiger charge is 2.18. The highest BCUT2D eigenvalue weighted by molar-refractivity contribution is 9.10. The van der Waals surface area contributed by atoms with Gasteiger partial charge in [0.25, 0.3) is 11.8 Å². The monoisotopic (exact) mass is 474 g/mol. The van der Waals surface area contributed by atoms with Gasteiger partial charge in [-0.05, 0) is 63.1 Å². The van der Waals surface area contributed by atoms with E-state index < -0.39 is 0 Å². The minimum atomic E-state index is -0.310. The zero-order valence-electron chi connectivity index (χ0n) is 16.7. The van der Waals surface area contributed by atoms with E-state index >= 15 is 0 Å². The van der Waals surface area contributed by atoms with Gasteiger partial charge in [0.2, 0.25) is 0 Å². The molecule has 4 rings (SSSR count). The molecule has 0 bridgehead atoms. The van der Waals surface area contributed by atoms with Crippen LogP contribution >= 0.6 is 15.9 Å². The topological polar surface area (TPSA) is 67.4 Å². The van der Waals surface area contributed by atoms with Crippen LogP contribution in [-0.2, 0) is 0 Å². The van der Waals surface area contributed by atoms with Gasteiger partial charge in [0.05, 0.1) is 17.1 Å². The average Bonchev–Trinajstić information content (AvgIpc) is 2.80. The molecule has 0 radical (unpaired) electrons. The van der Waals surface area contributed by atoms with E-state index in [1.54, 1.807) is 54.6 Å². The van der Waals surface area contributed by atoms with Crippen LogP contribution in [-0.4, -0.2) is 18.9 Å². The highest BCUT2D eigenvalue weighted by Crippen LogP contribution is 2.37. The largest absolute Gasteiger partial charge is 0.495 e. The second kappa shape index (κ2) is 9.02. The van der Waals surface area contributed by atoms with Crippen molar-refractivity contribution in [1.29, 1.82) is 0 Å². The number of methoxy groups -OCH3 is 1. The average molecular weight is 475 g/mol. The molecule has 0 aliphatic carbocycles. The minimum Gasteiger partial charge on any atom is -0.495 e. The lowest BCUT2D eigenvalue weighted by molar-refractivity contribution is 0.101. The van der Waals surface area contributed by atoms with Crippen LogP contribution in [0.1, 0.15) is 20.7 Å². The zero-order valence-corrected chi connectivity index (χ0v) is 18.3. The SMILES string of the molecule is COc1c(C(=O)Nc2cccc(NC(=O)c3ccccc3)c2)cc2ccccc2c1Br. The number of nitrogens with one attached hydrogen (secondary N) is 2. The van der Waals surface area contributed by atoms with Gasteiger partial charge >= 0.3 is 0 Å². The van der Waals surface area contributed by atoms with Crippen LogP contribution in [0.4, 0.5) is 11.4 Å². The second-order valence-electron chi connectivity index (χ2n) is 6.85. The maximum absolute atomic E-state index is 13.0. The molecule has 0 saturated carbocycles. The van der Waals surface area contributed by atoms with Crippen molar-refractivity contribution in [3.8, 4) is 5.75 Å². The van der Waals surface area contributed by atoms with Crippen molar-refractivity contribution in [3.63, 3.8) is 0 Å². The predicted molar refractivity (Wildman–Crippen MR) is 127 cm³/mol. The Morgan fingerprint density at radius 1 is 0.774 bits per heavy atom. The Kier molecular flexibility index (Phi) is 6.00. The summed E-state index contributed by atoms with van der Waals surface area (Å²) in [7, 11) is 1.53. The summed E-state index contributed by atoms with van der Waals surface area (Å²) in [6, 6.07) is 25.5. The smallest absolute Gasteiger partial charge is 0.259 e. The van der Waals surface area contributed by atoms with Crippen molar-refractivity contribution >= 4 is 49.9 Å². The van der Waals surface area contributed by atoms with Crippen molar-refractivity contribution in [2.45, 2.75) is 0 Å². The lowest BCUT2D eigenvalue weighted by Gasteiger charge is -2.14. The van der Waals surface area contributed by atoms with Gasteiger partial charge in [-0.1, -0.05) is 48.5 Å². The first-order chi connectivity index (χ1) is 15.1. The molecule has 0 fully saturated rings. The van der Waals surface area contributed by atoms with Crippen molar-refractivity contribution in [2.75, 3.05) is 17.7 Å². The molecule has 0 aliphatic heterocycles. The predicted octanol–water partition coefficient (Wildman–Crippen LogP) is 6.12. The molecule has 2 N–H and O–H groups in total. The van der Waals surface area contributed by atoms with Gasteiger partial charge in [0.1, 0.15) is 5.75 Å². The summed E-state index contributed by atoms with van der Waals surface area (Å²) in [5.41, 5.74) is 2.11. The van der Waals surface area contributed by atoms with E-state index in [1.165, 1.54) is 7.11 Å². The Bertz CT molecular complexity index is 1270. The van der Waals surface area contributed by atoms with E-state index in [0.717, 1.165) is 15.2 Å². The number of hydrogen-bond donors (Lipinski definition) is 2. The number of ether oxygens (including phenoxy) is 1. The molecule has 4 aromatic carbocycles. The molecule has 5 nitrogen and oxygen atoms in total. The Labute approximate surface area is 188 Å². The minimum absolute atomic E-state index is 0.218. The zero-order chi connectivity index (χ0) is 21.8. The first-order valence-electron chi connectivity index (χ1n) is 9.60. The van der Waals surface area contributed by atoms with Crippen LogP contribution in [0, 0.1) is 0 Å². The standard InChI is InChI=1S/C25H19BrN2O3/c1-31-23-21(14-17-10-5-6-13-20(17)22(23)26)25(30)28-19-12-7-11-18(15-19)27-24(29)16-8-3-2-4-9-16/h2-15H,1H3,(H,27,29)(H,28,30). The molecule has 6 heteroatoms. The van der Waals surface area contributed by atoms with E-state index in [0.29, 0.717) is 28.3 Å². The first kappa shape index (κ1) is 20.6. The van der Waals surface area contributed by atoms with Gasteiger partial charge in [-0.3, -0.25) is 9.59 Å². The Hall–Kier alpha value is -3.64. The normalized spacial score (nSPS) is 10.5. The number of carbonyl (C=O) groups excluding carboxylic acids is 2. The van der Waals surface area contributed by atoms with Gasteiger partial charge in [0.15, 0.2) is 0 Å². The summed E-state index contributed by atoms with van der Waals surface area (Å²) in [5.74, 6) is -0.0659. The Morgan fingerprint density at radius 2 is 1.42 bits per heavy atom. The molecule has 0 unspecified atom stereocenters. The van der Waals surface area contributed by atoms with Crippen LogP contribution in [0.15, 0.2) is 89.4 Å². The van der Waals surface area contributed by atoms with Crippen molar-refractivity contribution in [2.24, 2.45) is 0 Å². The maximum atomic E-state index is 13.0. The van der Waals surface area contributed by atoms with Gasteiger partial charge < -0.3 is 15.4 Å². The van der Waals surface area contributed by atoms with Crippen molar-refractivity contribution in [3.05, 3.63) is 101 Å². The van der Waals surface area contributed by atoms with Gasteiger partial charge in [-0.25, -0.2) is 0 Å². The molecular weight excluding hydrogens is 456 g/mol. The van der Waals surface area contributed by atoms with Crippen molar-refractivity contribution in [1.82, 2.24) is 0 Å². The Balaban J connectivity index is 1.58. The van der Waals surface area contributed by atoms with Gasteiger partial charge in [-0.2, -0.15) is 0 Å². The van der Waals surface area contributed by atoms with Crippen LogP contribution in [0.3, 0.4) is 0 Å². The van der Waals surface area contributed by atoms with E-state index in [9.17, 15) is 9.59 Å². The molecule has 4 aromatic rings. The summed E-state index contributed by atoms with van der Waals surface area (Å²) >= 11 is 3.56. The molecule has 154 valence electrons. The number of rotatable bonds is 5. The molecule has 0 spiro atoms. The molecule has 0 aliphatic rings. The number of anilines is 2. The molecule has 0 heterocycles. The molecular formula is C25H19BrN2O3. The quantitative estimate of drug-likeness (QED) is 0.366. The fourth-order valence-corrected chi connectivity index (χ4v) is 4.06. The van der Waals surface area contributed by atoms with E-state index in [4.69, 9.17) is 4.74 Å². The number of hydrogen-bond acceptors (Lipinski definition) is 3. The summed E-state index contributed by atoms with van der Waals surface area (Å²) in [6.07, 6.45) is 0. The third-order valence-corrected chi connectivity index (χ3v) is 5.59. The van der Waals surface area contributed by atoms with E-state index in [2.05, 4.69) is 26.6 Å². The number of fused-ring (bicyclic) bond motifs is 1. The Morgan fingerprint density at radius 3 is 2.13 bits per heavy atom. The lowest BCUT2D eigenvalue weighted by Crippen LogP contribution is -2.15. The van der Waals surface area contributed by atoms with Crippen molar-refractivity contribution < 1.29 is 14.3 Å². The summed E-state index contributed by atoms with van der Waals surface area (Å²) in [4.78, 5) is 25.4. The second-order valence-corrected chi connectivity index (χ2v) is 7.64. The lowest BCUT2D eigenvalue weighted by atomic mass is 10.0. The fraction of sp³-hybridized carbons (Fsp3) is 0.0400. The maximum Gasteiger partial charge on any atom is 0.259 e. The third kappa shape index (κ3) is 4.44. The van der Waals surface area contributed by atoms with Gasteiger partial charge in [0, 0.05) is 16.9 Å². The first-order valence-corrected chi connectivity index (χ1v) is 10.4. The summed E-state index contributed by atoms with van der Waals surface area (Å²) in [5, 5.41) is 7.61. The number of benzene rings is 4. The van der Waals surface area contributed by atoms with E-state index in [1.807, 2.05) is 30.3 Å². The van der Waals surface area contributed by atoms with Crippen LogP contribution < -0.4 is 15.4 Å². The summed E-state index contributed by atoms with van der Waals surface area (Å²) in [6.45, 7) is 0. The van der Waals surface area contributed by atoms with Crippen LogP contribution in [0.25, 0.3) is 10.8 Å². The van der Waals surface area contributed by atoms with Gasteiger partial charge in [-0.15, -0.1) is 0 Å². The summed E-state index contributed by atoms with van der Waals surface area (Å²) < 4.78 is 6.23. The molecule has 0 aromatic heterocycles. The molecule has 31 heavy (non-hydrogen) atoms. The van der Waals surface area contributed by atoms with E-state index in [-0.39, 0.29) is 11.8 Å². The highest BCUT2D eigenvalue weighted by atomic mass is 79.9. The van der Waals surface area contributed by atoms with Crippen LogP contribution in [0.2, 0.25) is 0 Å². The molecule has 0 saturated heterocycles. The fourth-order valence-electron chi connectivity index (χ4n) is 3.32. The number of carbonyl (C=O) groups is 2. The number of amides is 2. The van der Waals surface area contributed by atoms with Crippen LogP contribution in [0.5, 0.6) is 5.75 Å². The number of halogens is 1.